The number of rotatable bonds is 5. The number of urea groups is 1. The average molecular weight is 405 g/mol. The lowest BCUT2D eigenvalue weighted by Crippen LogP contribution is -2.34. The molecule has 7 nitrogen and oxygen atoms in total. The molecule has 2 unspecified atom stereocenters. The monoisotopic (exact) mass is 404 g/mol. The first-order valence-electron chi connectivity index (χ1n) is 8.93. The number of para-hydroxylation sites is 1. The van der Waals surface area contributed by atoms with Crippen LogP contribution in [-0.4, -0.2) is 42.8 Å². The zero-order valence-electron chi connectivity index (χ0n) is 15.6. The van der Waals surface area contributed by atoms with Crippen LogP contribution in [-0.2, 0) is 0 Å². The Kier molecular flexibility index (Phi) is 7.80. The van der Waals surface area contributed by atoms with Crippen molar-refractivity contribution >= 4 is 35.7 Å². The normalized spacial score (nSPS) is 18.1. The number of aliphatic hydroxyl groups is 1. The first-order chi connectivity index (χ1) is 13.0. The molecule has 5 N–H and O–H groups in total. The molecule has 8 heteroatoms. The number of anilines is 2. The average Bonchev–Trinajstić information content (AvgIpc) is 3.07. The molecule has 150 valence electrons. The highest BCUT2D eigenvalue weighted by Crippen LogP contribution is 2.18. The fourth-order valence-electron chi connectivity index (χ4n) is 2.96. The van der Waals surface area contributed by atoms with Crippen LogP contribution < -0.4 is 21.3 Å². The van der Waals surface area contributed by atoms with Gasteiger partial charge in [-0.05, 0) is 36.8 Å². The van der Waals surface area contributed by atoms with Gasteiger partial charge in [0.25, 0.3) is 5.91 Å². The SMILES string of the molecule is Cc1ccc(C(=O)NCC2CNCC2O)cc1NC(=O)Nc1ccccc1.Cl. The van der Waals surface area contributed by atoms with Gasteiger partial charge in [0.05, 0.1) is 6.10 Å². The molecule has 1 heterocycles. The summed E-state index contributed by atoms with van der Waals surface area (Å²) in [4.78, 5) is 24.6. The maximum Gasteiger partial charge on any atom is 0.323 e. The number of amides is 3. The Morgan fingerprint density at radius 3 is 2.54 bits per heavy atom. The number of aliphatic hydroxyl groups excluding tert-OH is 1. The van der Waals surface area contributed by atoms with Gasteiger partial charge in [0.15, 0.2) is 0 Å². The van der Waals surface area contributed by atoms with Crippen LogP contribution in [0, 0.1) is 12.8 Å². The predicted molar refractivity (Wildman–Crippen MR) is 112 cm³/mol. The maximum atomic E-state index is 12.4. The second-order valence-electron chi connectivity index (χ2n) is 6.67. The highest BCUT2D eigenvalue weighted by Gasteiger charge is 2.25. The van der Waals surface area contributed by atoms with E-state index in [4.69, 9.17) is 0 Å². The van der Waals surface area contributed by atoms with Crippen molar-refractivity contribution < 1.29 is 14.7 Å². The van der Waals surface area contributed by atoms with Crippen molar-refractivity contribution in [1.29, 1.82) is 0 Å². The second-order valence-corrected chi connectivity index (χ2v) is 6.67. The molecule has 1 aliphatic heterocycles. The summed E-state index contributed by atoms with van der Waals surface area (Å²) in [5, 5.41) is 21.3. The van der Waals surface area contributed by atoms with E-state index in [0.717, 1.165) is 5.56 Å². The van der Waals surface area contributed by atoms with Gasteiger partial charge in [-0.2, -0.15) is 0 Å². The Morgan fingerprint density at radius 2 is 1.86 bits per heavy atom. The topological polar surface area (TPSA) is 102 Å². The van der Waals surface area contributed by atoms with Crippen LogP contribution in [0.5, 0.6) is 0 Å². The predicted octanol–water partition coefficient (Wildman–Crippen LogP) is 2.37. The summed E-state index contributed by atoms with van der Waals surface area (Å²) < 4.78 is 0. The number of halogens is 1. The van der Waals surface area contributed by atoms with Gasteiger partial charge in [-0.15, -0.1) is 12.4 Å². The van der Waals surface area contributed by atoms with Crippen LogP contribution in [0.4, 0.5) is 16.2 Å². The van der Waals surface area contributed by atoms with Gasteiger partial charge >= 0.3 is 6.03 Å². The number of benzene rings is 2. The molecular formula is C20H25ClN4O3. The Bertz CT molecular complexity index is 816. The van der Waals surface area contributed by atoms with Crippen LogP contribution in [0.15, 0.2) is 48.5 Å². The van der Waals surface area contributed by atoms with Crippen LogP contribution in [0.1, 0.15) is 15.9 Å². The van der Waals surface area contributed by atoms with Gasteiger partial charge in [0, 0.05) is 42.5 Å². The molecule has 2 atom stereocenters. The van der Waals surface area contributed by atoms with E-state index in [2.05, 4.69) is 21.3 Å². The molecule has 0 bridgehead atoms. The molecule has 0 aliphatic carbocycles. The third-order valence-corrected chi connectivity index (χ3v) is 4.61. The van der Waals surface area contributed by atoms with Gasteiger partial charge in [0.2, 0.25) is 0 Å². The smallest absolute Gasteiger partial charge is 0.323 e. The minimum absolute atomic E-state index is 0. The molecule has 3 rings (SSSR count). The van der Waals surface area contributed by atoms with E-state index in [-0.39, 0.29) is 30.3 Å². The van der Waals surface area contributed by atoms with Crippen LogP contribution in [0.2, 0.25) is 0 Å². The van der Waals surface area contributed by atoms with Gasteiger partial charge in [-0.25, -0.2) is 4.79 Å². The summed E-state index contributed by atoms with van der Waals surface area (Å²) >= 11 is 0. The van der Waals surface area contributed by atoms with Gasteiger partial charge in [0.1, 0.15) is 0 Å². The van der Waals surface area contributed by atoms with Gasteiger partial charge in [-0.1, -0.05) is 24.3 Å². The summed E-state index contributed by atoms with van der Waals surface area (Å²) in [5.41, 5.74) is 2.56. The first kappa shape index (κ1) is 21.7. The highest BCUT2D eigenvalue weighted by atomic mass is 35.5. The summed E-state index contributed by atoms with van der Waals surface area (Å²) in [5.74, 6) is -0.228. The Hall–Kier alpha value is -2.61. The van der Waals surface area contributed by atoms with E-state index in [0.29, 0.717) is 36.6 Å². The number of carbonyl (C=O) groups excluding carboxylic acids is 2. The number of β-amino-alcohol motifs (C(OH)–C–C–N with tert-alkyl or cyclic N) is 1. The van der Waals surface area contributed by atoms with Gasteiger partial charge in [-0.3, -0.25) is 4.79 Å². The molecule has 0 radical (unpaired) electrons. The van der Waals surface area contributed by atoms with E-state index in [9.17, 15) is 14.7 Å². The van der Waals surface area contributed by atoms with Crippen LogP contribution >= 0.6 is 12.4 Å². The van der Waals surface area contributed by atoms with Crippen LogP contribution in [0.25, 0.3) is 0 Å². The highest BCUT2D eigenvalue weighted by molar-refractivity contribution is 6.02. The number of hydrogen-bond acceptors (Lipinski definition) is 4. The summed E-state index contributed by atoms with van der Waals surface area (Å²) in [6.07, 6.45) is -0.442. The fourth-order valence-corrected chi connectivity index (χ4v) is 2.96. The molecule has 0 saturated carbocycles. The van der Waals surface area contributed by atoms with Crippen molar-refractivity contribution in [3.8, 4) is 0 Å². The maximum absolute atomic E-state index is 12.4. The van der Waals surface area contributed by atoms with Crippen molar-refractivity contribution in [3.05, 3.63) is 59.7 Å². The summed E-state index contributed by atoms with van der Waals surface area (Å²) in [6, 6.07) is 13.9. The lowest BCUT2D eigenvalue weighted by Gasteiger charge is -2.15. The second kappa shape index (κ2) is 10.1. The Labute approximate surface area is 170 Å². The number of aryl methyl sites for hydroxylation is 1. The van der Waals surface area contributed by atoms with Crippen LogP contribution in [0.3, 0.4) is 0 Å². The van der Waals surface area contributed by atoms with Crippen molar-refractivity contribution in [1.82, 2.24) is 10.6 Å². The standard InChI is InChI=1S/C20H24N4O3.ClH/c1-13-7-8-14(19(26)22-11-15-10-21-12-18(15)25)9-17(13)24-20(27)23-16-5-3-2-4-6-16;/h2-9,15,18,21,25H,10-12H2,1H3,(H,22,26)(H2,23,24,27);1H. The first-order valence-corrected chi connectivity index (χ1v) is 8.93. The number of hydrogen-bond donors (Lipinski definition) is 5. The third-order valence-electron chi connectivity index (χ3n) is 4.61. The minimum atomic E-state index is -0.442. The summed E-state index contributed by atoms with van der Waals surface area (Å²) in [7, 11) is 0. The van der Waals surface area contributed by atoms with Crippen molar-refractivity contribution in [2.45, 2.75) is 13.0 Å². The molecule has 0 aromatic heterocycles. The van der Waals surface area contributed by atoms with Crippen molar-refractivity contribution in [3.63, 3.8) is 0 Å². The molecular weight excluding hydrogens is 380 g/mol. The van der Waals surface area contributed by atoms with Crippen molar-refractivity contribution in [2.75, 3.05) is 30.3 Å². The Morgan fingerprint density at radius 1 is 1.11 bits per heavy atom. The largest absolute Gasteiger partial charge is 0.391 e. The molecule has 2 aromatic carbocycles. The van der Waals surface area contributed by atoms with Gasteiger partial charge < -0.3 is 26.4 Å². The molecule has 0 spiro atoms. The van der Waals surface area contributed by atoms with Crippen molar-refractivity contribution in [2.24, 2.45) is 5.92 Å². The molecule has 28 heavy (non-hydrogen) atoms. The lowest BCUT2D eigenvalue weighted by molar-refractivity contribution is 0.0927. The Balaban J connectivity index is 0.00000280. The van der Waals surface area contributed by atoms with E-state index < -0.39 is 6.10 Å². The van der Waals surface area contributed by atoms with E-state index in [1.54, 1.807) is 30.3 Å². The summed E-state index contributed by atoms with van der Waals surface area (Å²) in [6.45, 7) is 3.50. The van der Waals surface area contributed by atoms with E-state index in [1.165, 1.54) is 0 Å². The fraction of sp³-hybridized carbons (Fsp3) is 0.300. The zero-order valence-corrected chi connectivity index (χ0v) is 16.4. The molecule has 1 saturated heterocycles. The number of carbonyl (C=O) groups is 2. The van der Waals surface area contributed by atoms with E-state index in [1.807, 2.05) is 25.1 Å². The molecule has 1 aliphatic rings. The molecule has 3 amide bonds. The minimum Gasteiger partial charge on any atom is -0.391 e. The quantitative estimate of drug-likeness (QED) is 0.528. The molecule has 1 fully saturated rings. The molecule has 2 aromatic rings. The number of nitrogens with one attached hydrogen (secondary N) is 4. The zero-order chi connectivity index (χ0) is 19.2. The lowest BCUT2D eigenvalue weighted by atomic mass is 10.1. The van der Waals surface area contributed by atoms with E-state index >= 15 is 0 Å². The third kappa shape index (κ3) is 5.69.